The predicted octanol–water partition coefficient (Wildman–Crippen LogP) is 6.89. The highest BCUT2D eigenvalue weighted by Gasteiger charge is 2.39. The Morgan fingerprint density at radius 3 is 1.12 bits per heavy atom. The van der Waals surface area contributed by atoms with E-state index in [0.29, 0.717) is 19.3 Å². The largest absolute Gasteiger partial charge is 0.393 e. The number of aliphatic hydroxyl groups is 3. The molecule has 1 rings (SSSR count). The standard InChI is InChI=1S/C33H60O9/c1-22(34)19-28(4,5)37-40-31(10,11)25-16-17-26(32(12,13)41-38-29(6,7)20-23(2)35)27(18-25)33(14,15)42-39-30(8,9)21-24(3)36/h16-18,22-24,34-36H,19-21H2,1-15H3. The lowest BCUT2D eigenvalue weighted by molar-refractivity contribution is -0.414. The van der Waals surface area contributed by atoms with E-state index in [-0.39, 0.29) is 0 Å². The molecule has 0 aliphatic rings. The highest BCUT2D eigenvalue weighted by atomic mass is 17.2. The topological polar surface area (TPSA) is 116 Å². The number of hydrogen-bond donors (Lipinski definition) is 3. The van der Waals surface area contributed by atoms with Crippen molar-refractivity contribution in [1.82, 2.24) is 0 Å². The van der Waals surface area contributed by atoms with Crippen molar-refractivity contribution >= 4 is 0 Å². The summed E-state index contributed by atoms with van der Waals surface area (Å²) < 4.78 is 0. The third-order valence-corrected chi connectivity index (χ3v) is 6.80. The van der Waals surface area contributed by atoms with E-state index in [0.717, 1.165) is 16.7 Å². The molecule has 0 aliphatic heterocycles. The van der Waals surface area contributed by atoms with Crippen molar-refractivity contribution in [3.63, 3.8) is 0 Å². The van der Waals surface area contributed by atoms with Crippen molar-refractivity contribution < 1.29 is 44.6 Å². The van der Waals surface area contributed by atoms with Crippen molar-refractivity contribution in [2.75, 3.05) is 0 Å². The fourth-order valence-electron chi connectivity index (χ4n) is 4.97. The highest BCUT2D eigenvalue weighted by Crippen LogP contribution is 2.41. The predicted molar refractivity (Wildman–Crippen MR) is 163 cm³/mol. The number of aliphatic hydroxyl groups excluding tert-OH is 3. The lowest BCUT2D eigenvalue weighted by Gasteiger charge is -2.38. The van der Waals surface area contributed by atoms with Gasteiger partial charge in [-0.1, -0.05) is 12.1 Å². The number of rotatable bonds is 18. The van der Waals surface area contributed by atoms with Crippen LogP contribution in [0.15, 0.2) is 18.2 Å². The molecule has 3 unspecified atom stereocenters. The van der Waals surface area contributed by atoms with Gasteiger partial charge in [0.05, 0.1) is 18.3 Å². The molecule has 9 heteroatoms. The minimum Gasteiger partial charge on any atom is -0.393 e. The van der Waals surface area contributed by atoms with Crippen LogP contribution in [0.2, 0.25) is 0 Å². The molecule has 1 aromatic carbocycles. The van der Waals surface area contributed by atoms with Crippen molar-refractivity contribution in [2.24, 2.45) is 0 Å². The van der Waals surface area contributed by atoms with Crippen molar-refractivity contribution in [3.8, 4) is 0 Å². The average Bonchev–Trinajstić information content (AvgIpc) is 2.78. The third-order valence-electron chi connectivity index (χ3n) is 6.80. The maximum atomic E-state index is 9.93. The van der Waals surface area contributed by atoms with Crippen molar-refractivity contribution in [3.05, 3.63) is 34.9 Å². The minimum atomic E-state index is -0.973. The first-order chi connectivity index (χ1) is 18.7. The quantitative estimate of drug-likeness (QED) is 0.122. The van der Waals surface area contributed by atoms with Crippen LogP contribution in [0.25, 0.3) is 0 Å². The lowest BCUT2D eigenvalue weighted by Crippen LogP contribution is -2.38. The second-order valence-electron chi connectivity index (χ2n) is 15.2. The summed E-state index contributed by atoms with van der Waals surface area (Å²) in [7, 11) is 0. The van der Waals surface area contributed by atoms with E-state index < -0.39 is 51.9 Å². The molecule has 42 heavy (non-hydrogen) atoms. The van der Waals surface area contributed by atoms with Gasteiger partial charge in [0.15, 0.2) is 0 Å². The van der Waals surface area contributed by atoms with E-state index in [1.165, 1.54) is 0 Å². The third kappa shape index (κ3) is 12.8. The summed E-state index contributed by atoms with van der Waals surface area (Å²) in [5.41, 5.74) is -2.55. The Hall–Kier alpha value is -1.14. The zero-order chi connectivity index (χ0) is 32.9. The van der Waals surface area contributed by atoms with Gasteiger partial charge in [0.1, 0.15) is 33.6 Å². The molecule has 3 atom stereocenters. The SMILES string of the molecule is CC(O)CC(C)(C)OOC(C)(C)c1ccc(C(C)(C)OOC(C)(C)CC(C)O)c(C(C)(C)OOC(C)(C)CC(C)O)c1. The number of hydrogen-bond acceptors (Lipinski definition) is 9. The summed E-state index contributed by atoms with van der Waals surface area (Å²) in [5.74, 6) is 0. The molecule has 0 amide bonds. The summed E-state index contributed by atoms with van der Waals surface area (Å²) in [6.07, 6.45) is -0.458. The normalized spacial score (nSPS) is 16.4. The fraction of sp³-hybridized carbons (Fsp3) is 0.818. The Kier molecular flexibility index (Phi) is 13.2. The second-order valence-corrected chi connectivity index (χ2v) is 15.2. The molecule has 0 radical (unpaired) electrons. The highest BCUT2D eigenvalue weighted by molar-refractivity contribution is 5.40. The van der Waals surface area contributed by atoms with E-state index in [4.69, 9.17) is 29.3 Å². The molecule has 0 spiro atoms. The van der Waals surface area contributed by atoms with Gasteiger partial charge >= 0.3 is 0 Å². The fourth-order valence-corrected chi connectivity index (χ4v) is 4.97. The molecular weight excluding hydrogens is 540 g/mol. The average molecular weight is 601 g/mol. The molecule has 0 heterocycles. The van der Waals surface area contributed by atoms with Gasteiger partial charge in [-0.3, -0.25) is 0 Å². The van der Waals surface area contributed by atoms with Gasteiger partial charge in [-0.05, 0) is 127 Å². The molecule has 9 nitrogen and oxygen atoms in total. The van der Waals surface area contributed by atoms with Crippen LogP contribution >= 0.6 is 0 Å². The van der Waals surface area contributed by atoms with E-state index in [9.17, 15) is 15.3 Å². The van der Waals surface area contributed by atoms with Gasteiger partial charge in [0, 0.05) is 19.3 Å². The van der Waals surface area contributed by atoms with Crippen molar-refractivity contribution in [1.29, 1.82) is 0 Å². The van der Waals surface area contributed by atoms with Crippen LogP contribution in [0.1, 0.15) is 140 Å². The van der Waals surface area contributed by atoms with Gasteiger partial charge in [-0.2, -0.15) is 0 Å². The molecule has 0 bridgehead atoms. The first kappa shape index (κ1) is 38.9. The first-order valence-corrected chi connectivity index (χ1v) is 15.0. The van der Waals surface area contributed by atoms with Crippen LogP contribution < -0.4 is 0 Å². The zero-order valence-corrected chi connectivity index (χ0v) is 28.9. The lowest BCUT2D eigenvalue weighted by atomic mass is 9.82. The van der Waals surface area contributed by atoms with Gasteiger partial charge in [0.2, 0.25) is 0 Å². The van der Waals surface area contributed by atoms with Crippen LogP contribution in [0, 0.1) is 0 Å². The van der Waals surface area contributed by atoms with Gasteiger partial charge in [-0.25, -0.2) is 29.3 Å². The van der Waals surface area contributed by atoms with E-state index in [1.807, 2.05) is 101 Å². The van der Waals surface area contributed by atoms with Crippen molar-refractivity contribution in [2.45, 2.75) is 175 Å². The molecular formula is C33H60O9. The van der Waals surface area contributed by atoms with E-state index in [2.05, 4.69) is 0 Å². The molecule has 0 aromatic heterocycles. The summed E-state index contributed by atoms with van der Waals surface area (Å²) in [6.45, 7) is 27.8. The van der Waals surface area contributed by atoms with E-state index >= 15 is 0 Å². The Labute approximate surface area is 254 Å². The maximum Gasteiger partial charge on any atom is 0.123 e. The summed E-state index contributed by atoms with van der Waals surface area (Å²) >= 11 is 0. The molecule has 0 saturated carbocycles. The van der Waals surface area contributed by atoms with Gasteiger partial charge < -0.3 is 15.3 Å². The molecule has 0 fully saturated rings. The molecule has 0 saturated heterocycles. The smallest absolute Gasteiger partial charge is 0.123 e. The Morgan fingerprint density at radius 1 is 0.476 bits per heavy atom. The van der Waals surface area contributed by atoms with Crippen LogP contribution in [0.5, 0.6) is 0 Å². The van der Waals surface area contributed by atoms with Gasteiger partial charge in [-0.15, -0.1) is 0 Å². The summed E-state index contributed by atoms with van der Waals surface area (Å²) in [4.78, 5) is 35.7. The first-order valence-electron chi connectivity index (χ1n) is 15.0. The molecule has 3 N–H and O–H groups in total. The Morgan fingerprint density at radius 2 is 0.786 bits per heavy atom. The maximum absolute atomic E-state index is 9.93. The van der Waals surface area contributed by atoms with Gasteiger partial charge in [0.25, 0.3) is 0 Å². The zero-order valence-electron chi connectivity index (χ0n) is 28.9. The summed E-state index contributed by atoms with van der Waals surface area (Å²) in [6, 6.07) is 5.88. The summed E-state index contributed by atoms with van der Waals surface area (Å²) in [5, 5.41) is 29.7. The van der Waals surface area contributed by atoms with Crippen LogP contribution in [-0.2, 0) is 46.1 Å². The Balaban J connectivity index is 3.52. The number of benzene rings is 1. The van der Waals surface area contributed by atoms with E-state index in [1.54, 1.807) is 20.8 Å². The monoisotopic (exact) mass is 600 g/mol. The minimum absolute atomic E-state index is 0.386. The molecule has 246 valence electrons. The van der Waals surface area contributed by atoms with Crippen LogP contribution in [0.3, 0.4) is 0 Å². The van der Waals surface area contributed by atoms with Crippen LogP contribution in [0.4, 0.5) is 0 Å². The molecule has 1 aromatic rings. The van der Waals surface area contributed by atoms with Crippen LogP contribution in [-0.4, -0.2) is 50.4 Å². The Bertz CT molecular complexity index is 976. The second kappa shape index (κ2) is 14.3. The molecule has 0 aliphatic carbocycles.